The van der Waals surface area contributed by atoms with E-state index in [1.54, 1.807) is 0 Å². The Hall–Kier alpha value is 0.974. The van der Waals surface area contributed by atoms with Crippen molar-refractivity contribution in [1.29, 1.82) is 0 Å². The fraction of sp³-hybridized carbons (Fsp3) is 0. The Kier molecular flexibility index (Phi) is 295. The molecular weight excluding hydrogens is 410 g/mol. The molecule has 18 N–H and O–H groups in total. The van der Waals surface area contributed by atoms with Gasteiger partial charge in [-0.25, -0.2) is 0 Å². The van der Waals surface area contributed by atoms with Gasteiger partial charge in [0.2, 0.25) is 29.6 Å². The Balaban J connectivity index is -0.00000000468. The van der Waals surface area contributed by atoms with Crippen LogP contribution in [0, 0.1) is 29.6 Å². The molecule has 0 amide bonds. The smallest absolute Gasteiger partial charge is 0.457 e. The summed E-state index contributed by atoms with van der Waals surface area (Å²) in [6.07, 6.45) is 0. The van der Waals surface area contributed by atoms with Crippen LogP contribution in [0.4, 0.5) is 0 Å². The van der Waals surface area contributed by atoms with Crippen molar-refractivity contribution in [3.63, 3.8) is 0 Å². The summed E-state index contributed by atoms with van der Waals surface area (Å²) in [6, 6.07) is 0. The van der Waals surface area contributed by atoms with Crippen molar-refractivity contribution in [2.75, 3.05) is 0 Å². The summed E-state index contributed by atoms with van der Waals surface area (Å²) in [5.74, 6) is 0. The number of rotatable bonds is 0. The van der Waals surface area contributed by atoms with E-state index >= 15 is 0 Å². The molecule has 0 heterocycles. The quantitative estimate of drug-likeness (QED) is 0.265. The Morgan fingerprint density at radius 2 is 0.400 bits per heavy atom. The fourth-order valence-electron chi connectivity index (χ4n) is 0. The Morgan fingerprint density at radius 3 is 0.400 bits per heavy atom. The van der Waals surface area contributed by atoms with Crippen molar-refractivity contribution >= 4 is 0 Å². The van der Waals surface area contributed by atoms with Crippen LogP contribution in [0.1, 0.15) is 0 Å². The van der Waals surface area contributed by atoms with E-state index in [2.05, 4.69) is 0 Å². The molecule has 0 aliphatic carbocycles. The van der Waals surface area contributed by atoms with Crippen molar-refractivity contribution < 1.29 is 104 Å². The minimum Gasteiger partial charge on any atom is -0.457 e. The van der Waals surface area contributed by atoms with E-state index in [-0.39, 0.29) is 49.3 Å². The fourth-order valence-corrected chi connectivity index (χ4v) is 0. The molecule has 0 aliphatic rings. The molecule has 0 aromatic rings. The van der Waals surface area contributed by atoms with Gasteiger partial charge in [-0.3, -0.25) is 0 Å². The molecule has 0 rings (SSSR count). The molecule has 0 unspecified atom stereocenters. The van der Waals surface area contributed by atoms with Gasteiger partial charge in [-0.1, -0.05) is 0 Å². The molecule has 0 atom stereocenters. The molecule has 0 saturated carbocycles. The van der Waals surface area contributed by atoms with E-state index < -0.39 is 29.6 Å². The third kappa shape index (κ3) is 2660. The number of halogens is 2. The third-order valence-electron chi connectivity index (χ3n) is 0. The first-order valence-corrected chi connectivity index (χ1v) is 4.81. The van der Waals surface area contributed by atoms with Gasteiger partial charge in [-0.15, -0.1) is 0 Å². The largest absolute Gasteiger partial charge is 2.00 e. The molecule has 0 aromatic carbocycles. The van der Waals surface area contributed by atoms with Gasteiger partial charge < -0.3 is 58.0 Å². The molecule has 0 fully saturated rings. The second-order valence-electron chi connectivity index (χ2n) is 0.378. The minimum absolute atomic E-state index is 0. The van der Waals surface area contributed by atoms with Gasteiger partial charge in [0.05, 0.1) is 0 Å². The second kappa shape index (κ2) is 60.1. The van der Waals surface area contributed by atoms with Crippen LogP contribution < -0.4 is 25.2 Å². The average Bonchev–Trinajstić information content (AvgIpc) is 1.25. The molecule has 0 bridgehead atoms. The summed E-state index contributed by atoms with van der Waals surface area (Å²) < 4.78 is 51.1. The normalized spacial score (nSPS) is 4.80. The molecule has 0 radical (unpaired) electrons. The zero-order chi connectivity index (χ0) is 7.15. The zero-order valence-electron chi connectivity index (χ0n) is 6.99. The van der Waals surface area contributed by atoms with Crippen LogP contribution >= 0.6 is 0 Å². The molecule has 15 heteroatoms. The monoisotopic (exact) mass is 426 g/mol. The molecule has 0 aromatic heterocycles. The topological polar surface area (TPSA) is 336 Å². The number of hydrogen-bond donors (Lipinski definition) is 0. The van der Waals surface area contributed by atoms with Crippen molar-refractivity contribution in [1.82, 2.24) is 0 Å². The third-order valence-corrected chi connectivity index (χ3v) is 0. The van der Waals surface area contributed by atoms with Crippen LogP contribution in [-0.4, -0.2) is 0 Å². The predicted molar refractivity (Wildman–Crippen MR) is 29.2 cm³/mol. The first-order chi connectivity index (χ1) is 3.46. The van der Waals surface area contributed by atoms with E-state index in [0.717, 1.165) is 0 Å². The van der Waals surface area contributed by atoms with E-state index in [1.165, 1.54) is 0 Å². The van der Waals surface area contributed by atoms with Crippen LogP contribution in [-0.2, 0) is 49.3 Å². The van der Waals surface area contributed by atoms with Crippen molar-refractivity contribution in [2.45, 2.75) is 0 Å². The predicted octanol–water partition coefficient (Wildman–Crippen LogP) is -12.7. The minimum atomic E-state index is -3.65. The van der Waals surface area contributed by atoms with E-state index in [0.29, 0.717) is 0 Å². The first-order valence-electron chi connectivity index (χ1n) is 0.926. The van der Waals surface area contributed by atoms with Gasteiger partial charge in [-0.2, -0.15) is 0 Å². The van der Waals surface area contributed by atoms with E-state index in [4.69, 9.17) is 25.2 Å². The van der Waals surface area contributed by atoms with Gasteiger partial charge in [-0.05, 0) is 0 Å². The molecular formula is H18Br2NiO12+6. The summed E-state index contributed by atoms with van der Waals surface area (Å²) in [6.45, 7) is 0. The van der Waals surface area contributed by atoms with Crippen molar-refractivity contribution in [2.24, 2.45) is 0 Å². The number of hydrogen-bond acceptors (Lipinski definition) is 6. The standard InChI is InChI=1S/2BrO3.Ni.6H2O/c2*2-1(3)4;;;;;;;/h;;;6*1H2/q2*-1;+2;;;;;;/p+6. The molecule has 0 aliphatic heterocycles. The summed E-state index contributed by atoms with van der Waals surface area (Å²) in [4.78, 5) is 0. The molecule has 15 heavy (non-hydrogen) atoms. The molecule has 0 spiro atoms. The SMILES string of the molecule is [Ni+2].[O-][Br+2]([O-])[O-].[O-][Br+2]([O-])[O-].[OH3+].[OH3+].[OH3+].[OH3+].[OH3+].[OH3+]. The molecule has 12 nitrogen and oxygen atoms in total. The van der Waals surface area contributed by atoms with Crippen LogP contribution in [0.25, 0.3) is 0 Å². The average molecular weight is 429 g/mol. The van der Waals surface area contributed by atoms with Gasteiger partial charge in [0.15, 0.2) is 0 Å². The molecule has 0 saturated heterocycles. The Bertz CT molecular complexity index is 29.1. The van der Waals surface area contributed by atoms with E-state index in [1.807, 2.05) is 0 Å². The summed E-state index contributed by atoms with van der Waals surface area (Å²) >= 11 is -7.29. The van der Waals surface area contributed by atoms with Crippen LogP contribution in [0.2, 0.25) is 0 Å². The second-order valence-corrected chi connectivity index (χ2v) is 1.96. The summed E-state index contributed by atoms with van der Waals surface area (Å²) in [5.41, 5.74) is 0. The maximum absolute atomic E-state index is 8.52. The maximum Gasteiger partial charge on any atom is 2.00 e. The van der Waals surface area contributed by atoms with E-state index in [9.17, 15) is 0 Å². The molecule has 108 valence electrons. The van der Waals surface area contributed by atoms with Crippen molar-refractivity contribution in [3.8, 4) is 0 Å². The van der Waals surface area contributed by atoms with Gasteiger partial charge >= 0.3 is 16.5 Å². The summed E-state index contributed by atoms with van der Waals surface area (Å²) in [7, 11) is 0. The van der Waals surface area contributed by atoms with Crippen molar-refractivity contribution in [3.05, 3.63) is 0 Å². The first kappa shape index (κ1) is 73.6. The van der Waals surface area contributed by atoms with Crippen LogP contribution in [0.15, 0.2) is 0 Å². The Labute approximate surface area is 104 Å². The Morgan fingerprint density at radius 1 is 0.400 bits per heavy atom. The van der Waals surface area contributed by atoms with Crippen LogP contribution in [0.5, 0.6) is 0 Å². The van der Waals surface area contributed by atoms with Gasteiger partial charge in [0, 0.05) is 0 Å². The maximum atomic E-state index is 8.52. The van der Waals surface area contributed by atoms with Crippen LogP contribution in [0.3, 0.4) is 0 Å². The van der Waals surface area contributed by atoms with Gasteiger partial charge in [0.1, 0.15) is 0 Å². The summed E-state index contributed by atoms with van der Waals surface area (Å²) in [5, 5.41) is 0. The van der Waals surface area contributed by atoms with Gasteiger partial charge in [0.25, 0.3) is 0 Å². The zero-order valence-corrected chi connectivity index (χ0v) is 11.1.